The van der Waals surface area contributed by atoms with E-state index in [1.165, 1.54) is 11.3 Å². The third-order valence-electron chi connectivity index (χ3n) is 2.73. The molecule has 0 fully saturated rings. The molecule has 3 aromatic rings. The molecule has 0 aliphatic heterocycles. The van der Waals surface area contributed by atoms with Gasteiger partial charge in [-0.2, -0.15) is 0 Å². The number of anilines is 1. The van der Waals surface area contributed by atoms with Gasteiger partial charge in [0.1, 0.15) is 4.83 Å². The molecule has 3 rings (SSSR count). The summed E-state index contributed by atoms with van der Waals surface area (Å²) in [6.07, 6.45) is 1.65. The van der Waals surface area contributed by atoms with Crippen LogP contribution < -0.4 is 16.5 Å². The first kappa shape index (κ1) is 11.6. The van der Waals surface area contributed by atoms with Gasteiger partial charge in [0.05, 0.1) is 16.5 Å². The van der Waals surface area contributed by atoms with Crippen molar-refractivity contribution in [2.75, 3.05) is 5.32 Å². The van der Waals surface area contributed by atoms with Gasteiger partial charge in [-0.1, -0.05) is 6.07 Å². The summed E-state index contributed by atoms with van der Waals surface area (Å²) in [7, 11) is 0. The summed E-state index contributed by atoms with van der Waals surface area (Å²) in [6, 6.07) is 7.99. The number of aromatic nitrogens is 1. The monoisotopic (exact) mass is 271 g/mol. The Morgan fingerprint density at radius 1 is 1.26 bits per heavy atom. The van der Waals surface area contributed by atoms with E-state index in [-0.39, 0.29) is 5.43 Å². The van der Waals surface area contributed by atoms with Crippen LogP contribution in [0.3, 0.4) is 0 Å². The number of urea groups is 1. The van der Waals surface area contributed by atoms with Gasteiger partial charge < -0.3 is 11.1 Å². The van der Waals surface area contributed by atoms with Crippen LogP contribution in [-0.4, -0.2) is 11.0 Å². The van der Waals surface area contributed by atoms with Crippen LogP contribution in [0.5, 0.6) is 0 Å². The van der Waals surface area contributed by atoms with E-state index in [2.05, 4.69) is 10.3 Å². The lowest BCUT2D eigenvalue weighted by atomic mass is 10.2. The Kier molecular flexibility index (Phi) is 2.64. The number of nitrogens with zero attached hydrogens (tertiary/aromatic N) is 1. The molecule has 6 heteroatoms. The molecule has 0 unspecified atom stereocenters. The van der Waals surface area contributed by atoms with Crippen LogP contribution in [0.4, 0.5) is 10.5 Å². The van der Waals surface area contributed by atoms with Gasteiger partial charge >= 0.3 is 6.03 Å². The molecule has 5 nitrogen and oxygen atoms in total. The summed E-state index contributed by atoms with van der Waals surface area (Å²) >= 11 is 1.40. The van der Waals surface area contributed by atoms with Crippen molar-refractivity contribution in [3.8, 4) is 0 Å². The molecule has 1 aromatic carbocycles. The third-order valence-corrected chi connectivity index (χ3v) is 3.81. The molecule has 0 saturated heterocycles. The number of nitrogens with one attached hydrogen (secondary N) is 1. The number of pyridine rings is 1. The van der Waals surface area contributed by atoms with E-state index in [1.807, 2.05) is 6.07 Å². The Hall–Kier alpha value is -2.47. The number of carbonyl (C=O) groups is 1. The van der Waals surface area contributed by atoms with Gasteiger partial charge in [0, 0.05) is 10.9 Å². The van der Waals surface area contributed by atoms with Crippen molar-refractivity contribution in [2.24, 2.45) is 5.73 Å². The zero-order valence-electron chi connectivity index (χ0n) is 9.71. The Balaban J connectivity index is 2.45. The van der Waals surface area contributed by atoms with Crippen molar-refractivity contribution >= 4 is 43.4 Å². The molecule has 94 valence electrons. The summed E-state index contributed by atoms with van der Waals surface area (Å²) in [6.45, 7) is 0. The first-order chi connectivity index (χ1) is 9.16. The zero-order valence-corrected chi connectivity index (χ0v) is 10.5. The van der Waals surface area contributed by atoms with Crippen LogP contribution in [0.25, 0.3) is 20.3 Å². The maximum absolute atomic E-state index is 12.5. The highest BCUT2D eigenvalue weighted by atomic mass is 32.1. The van der Waals surface area contributed by atoms with Gasteiger partial charge in [0.2, 0.25) is 0 Å². The van der Waals surface area contributed by atoms with Crippen molar-refractivity contribution in [3.05, 3.63) is 46.8 Å². The summed E-state index contributed by atoms with van der Waals surface area (Å²) in [5.74, 6) is 0. The number of amides is 2. The second kappa shape index (κ2) is 4.33. The Morgan fingerprint density at radius 3 is 2.89 bits per heavy atom. The molecule has 19 heavy (non-hydrogen) atoms. The number of hydrogen-bond acceptors (Lipinski definition) is 4. The molecule has 3 N–H and O–H groups in total. The number of carbonyl (C=O) groups excluding carboxylic acids is 1. The van der Waals surface area contributed by atoms with Crippen LogP contribution >= 0.6 is 11.3 Å². The number of fused-ring (bicyclic) bond motifs is 2. The molecule has 0 saturated carbocycles. The molecule has 0 aliphatic rings. The SMILES string of the molecule is NC(=O)Nc1cccc2sc3ncccc3c(=O)c12. The minimum atomic E-state index is -0.691. The lowest BCUT2D eigenvalue weighted by Crippen LogP contribution is -2.20. The minimum absolute atomic E-state index is 0.152. The van der Waals surface area contributed by atoms with Crippen LogP contribution in [0.2, 0.25) is 0 Å². The summed E-state index contributed by atoms with van der Waals surface area (Å²) in [5, 5.41) is 3.48. The number of primary amides is 1. The average molecular weight is 271 g/mol. The second-order valence-electron chi connectivity index (χ2n) is 3.96. The summed E-state index contributed by atoms with van der Waals surface area (Å²) in [5.41, 5.74) is 5.39. The number of nitrogens with two attached hydrogens (primary N) is 1. The van der Waals surface area contributed by atoms with E-state index < -0.39 is 6.03 Å². The van der Waals surface area contributed by atoms with Crippen molar-refractivity contribution in [1.29, 1.82) is 0 Å². The summed E-state index contributed by atoms with van der Waals surface area (Å²) < 4.78 is 0.766. The lowest BCUT2D eigenvalue weighted by Gasteiger charge is -2.06. The molecule has 0 atom stereocenters. The predicted molar refractivity (Wildman–Crippen MR) is 76.6 cm³/mol. The molecular formula is C13H9N3O2S. The Bertz CT molecular complexity index is 857. The van der Waals surface area contributed by atoms with Crippen LogP contribution in [0, 0.1) is 0 Å². The maximum atomic E-state index is 12.5. The van der Waals surface area contributed by atoms with Gasteiger partial charge in [-0.25, -0.2) is 9.78 Å². The molecule has 0 aliphatic carbocycles. The Morgan fingerprint density at radius 2 is 2.11 bits per heavy atom. The third kappa shape index (κ3) is 1.92. The molecule has 0 spiro atoms. The highest BCUT2D eigenvalue weighted by molar-refractivity contribution is 7.24. The van der Waals surface area contributed by atoms with Gasteiger partial charge in [-0.3, -0.25) is 4.79 Å². The fourth-order valence-corrected chi connectivity index (χ4v) is 3.01. The van der Waals surface area contributed by atoms with Crippen LogP contribution in [0.15, 0.2) is 41.3 Å². The van der Waals surface area contributed by atoms with E-state index in [1.54, 1.807) is 30.5 Å². The largest absolute Gasteiger partial charge is 0.351 e. The van der Waals surface area contributed by atoms with E-state index >= 15 is 0 Å². The maximum Gasteiger partial charge on any atom is 0.316 e. The normalized spacial score (nSPS) is 10.7. The minimum Gasteiger partial charge on any atom is -0.351 e. The average Bonchev–Trinajstić information content (AvgIpc) is 2.38. The number of benzene rings is 1. The first-order valence-corrected chi connectivity index (χ1v) is 6.35. The topological polar surface area (TPSA) is 85.1 Å². The number of hydrogen-bond donors (Lipinski definition) is 2. The fraction of sp³-hybridized carbons (Fsp3) is 0. The van der Waals surface area contributed by atoms with Gasteiger partial charge in [0.25, 0.3) is 0 Å². The smallest absolute Gasteiger partial charge is 0.316 e. The van der Waals surface area contributed by atoms with Gasteiger partial charge in [0.15, 0.2) is 5.43 Å². The van der Waals surface area contributed by atoms with E-state index in [4.69, 9.17) is 5.73 Å². The highest BCUT2D eigenvalue weighted by Gasteiger charge is 2.11. The molecule has 2 heterocycles. The van der Waals surface area contributed by atoms with E-state index in [0.29, 0.717) is 21.3 Å². The lowest BCUT2D eigenvalue weighted by molar-refractivity contribution is 0.259. The Labute approximate surface area is 111 Å². The van der Waals surface area contributed by atoms with Gasteiger partial charge in [-0.05, 0) is 24.3 Å². The second-order valence-corrected chi connectivity index (χ2v) is 4.99. The van der Waals surface area contributed by atoms with Crippen LogP contribution in [0.1, 0.15) is 0 Å². The van der Waals surface area contributed by atoms with Crippen LogP contribution in [-0.2, 0) is 0 Å². The van der Waals surface area contributed by atoms with Crippen molar-refractivity contribution < 1.29 is 4.79 Å². The quantitative estimate of drug-likeness (QED) is 0.666. The molecular weight excluding hydrogens is 262 g/mol. The highest BCUT2D eigenvalue weighted by Crippen LogP contribution is 2.27. The standard InChI is InChI=1S/C13H9N3O2S/c14-13(18)16-8-4-1-5-9-10(8)11(17)7-3-2-6-15-12(7)19-9/h1-6H,(H3,14,16,18). The first-order valence-electron chi connectivity index (χ1n) is 5.54. The fourth-order valence-electron chi connectivity index (χ4n) is 1.97. The van der Waals surface area contributed by atoms with E-state index in [0.717, 1.165) is 4.70 Å². The molecule has 0 radical (unpaired) electrons. The van der Waals surface area contributed by atoms with Gasteiger partial charge in [-0.15, -0.1) is 11.3 Å². The molecule has 2 amide bonds. The van der Waals surface area contributed by atoms with Crippen molar-refractivity contribution in [2.45, 2.75) is 0 Å². The number of rotatable bonds is 1. The van der Waals surface area contributed by atoms with Crippen molar-refractivity contribution in [1.82, 2.24) is 4.98 Å². The van der Waals surface area contributed by atoms with E-state index in [9.17, 15) is 9.59 Å². The van der Waals surface area contributed by atoms with Crippen molar-refractivity contribution in [3.63, 3.8) is 0 Å². The summed E-state index contributed by atoms with van der Waals surface area (Å²) in [4.78, 5) is 28.3. The molecule has 2 aromatic heterocycles. The predicted octanol–water partition coefficient (Wildman–Crippen LogP) is 2.30. The molecule has 0 bridgehead atoms. The zero-order chi connectivity index (χ0) is 13.4.